The van der Waals surface area contributed by atoms with Crippen molar-refractivity contribution in [2.45, 2.75) is 70.0 Å². The average molecular weight is 741 g/mol. The number of piperidine rings is 1. The highest BCUT2D eigenvalue weighted by Gasteiger charge is 2.57. The normalized spacial score (nSPS) is 21.6. The third kappa shape index (κ3) is 7.08. The predicted molar refractivity (Wildman–Crippen MR) is 209 cm³/mol. The van der Waals surface area contributed by atoms with Crippen molar-refractivity contribution in [1.29, 1.82) is 0 Å². The standard InChI is InChI=1S/C43H47Cl2NO4Si/c1-29(40(47)49-6)43(5)27-37(32-14-13-15-34(45)26-32)39(31-22-24-33(44)25-23-31)46(41(43)48)38(30-20-21-30)28-50-51(42(2,3)4,35-16-9-7-10-17-35)36-18-11-8-12-19-36/h7-19,22-26,30,37-39H,1,20-21,27-28H2,2-6H3/t37-,38-,39?,43-/m1/s1. The smallest absolute Gasteiger partial charge is 0.334 e. The second kappa shape index (κ2) is 14.7. The Morgan fingerprint density at radius 3 is 1.98 bits per heavy atom. The maximum absolute atomic E-state index is 15.4. The minimum absolute atomic E-state index is 0.143. The van der Waals surface area contributed by atoms with Crippen molar-refractivity contribution in [3.8, 4) is 0 Å². The van der Waals surface area contributed by atoms with Crippen LogP contribution in [0.1, 0.15) is 70.0 Å². The fourth-order valence-corrected chi connectivity index (χ4v) is 13.1. The lowest BCUT2D eigenvalue weighted by molar-refractivity contribution is -0.157. The van der Waals surface area contributed by atoms with Gasteiger partial charge in [-0.05, 0) is 82.9 Å². The quantitative estimate of drug-likeness (QED) is 0.0875. The van der Waals surface area contributed by atoms with Gasteiger partial charge >= 0.3 is 5.97 Å². The van der Waals surface area contributed by atoms with Crippen molar-refractivity contribution >= 4 is 53.8 Å². The maximum atomic E-state index is 15.4. The predicted octanol–water partition coefficient (Wildman–Crippen LogP) is 9.14. The molecule has 0 bridgehead atoms. The minimum Gasteiger partial charge on any atom is -0.466 e. The van der Waals surface area contributed by atoms with Gasteiger partial charge in [-0.3, -0.25) is 4.79 Å². The lowest BCUT2D eigenvalue weighted by Crippen LogP contribution is -2.68. The number of hydrogen-bond donors (Lipinski definition) is 0. The number of methoxy groups -OCH3 is 1. The van der Waals surface area contributed by atoms with Gasteiger partial charge in [0.05, 0.1) is 31.2 Å². The topological polar surface area (TPSA) is 55.8 Å². The van der Waals surface area contributed by atoms with Crippen LogP contribution in [0.5, 0.6) is 0 Å². The molecule has 0 radical (unpaired) electrons. The molecule has 0 spiro atoms. The lowest BCUT2D eigenvalue weighted by atomic mass is 9.65. The van der Waals surface area contributed by atoms with Gasteiger partial charge < -0.3 is 14.1 Å². The zero-order valence-corrected chi connectivity index (χ0v) is 32.6. The van der Waals surface area contributed by atoms with E-state index < -0.39 is 19.7 Å². The first-order valence-corrected chi connectivity index (χ1v) is 20.3. The molecule has 5 nitrogen and oxygen atoms in total. The molecule has 6 rings (SSSR count). The molecule has 1 saturated heterocycles. The number of nitrogens with zero attached hydrogens (tertiary/aromatic N) is 1. The van der Waals surface area contributed by atoms with E-state index in [1.54, 1.807) is 0 Å². The summed E-state index contributed by atoms with van der Waals surface area (Å²) in [5.74, 6) is -0.759. The van der Waals surface area contributed by atoms with Gasteiger partial charge in [0.1, 0.15) is 0 Å². The van der Waals surface area contributed by atoms with Crippen LogP contribution in [0.4, 0.5) is 0 Å². The number of carbonyl (C=O) groups excluding carboxylic acids is 2. The molecule has 1 heterocycles. The minimum atomic E-state index is -2.96. The molecule has 266 valence electrons. The van der Waals surface area contributed by atoms with Crippen LogP contribution in [0.25, 0.3) is 0 Å². The van der Waals surface area contributed by atoms with E-state index in [2.05, 4.69) is 81.9 Å². The van der Waals surface area contributed by atoms with Crippen LogP contribution in [0, 0.1) is 11.3 Å². The van der Waals surface area contributed by atoms with Crippen LogP contribution in [0.15, 0.2) is 121 Å². The van der Waals surface area contributed by atoms with Crippen LogP contribution in [0.2, 0.25) is 15.1 Å². The summed E-state index contributed by atoms with van der Waals surface area (Å²) in [4.78, 5) is 30.6. The SMILES string of the molecule is C=C(C(=O)OC)[C@@]1(C)C[C@H](c2cccc(Cl)c2)C(c2ccc(Cl)cc2)N([C@H](CO[Si](c2ccccc2)(c2ccccc2)C(C)(C)C)C2CC2)C1=O. The van der Waals surface area contributed by atoms with E-state index in [9.17, 15) is 4.79 Å². The molecule has 1 aliphatic heterocycles. The number of rotatable bonds is 11. The lowest BCUT2D eigenvalue weighted by Gasteiger charge is -2.53. The highest BCUT2D eigenvalue weighted by Crippen LogP contribution is 2.55. The number of benzene rings is 4. The van der Waals surface area contributed by atoms with Gasteiger partial charge in [-0.25, -0.2) is 4.79 Å². The van der Waals surface area contributed by atoms with Crippen LogP contribution in [0.3, 0.4) is 0 Å². The molecule has 1 aliphatic carbocycles. The van der Waals surface area contributed by atoms with Gasteiger partial charge in [0.15, 0.2) is 0 Å². The molecular weight excluding hydrogens is 693 g/mol. The van der Waals surface area contributed by atoms with E-state index in [1.807, 2.05) is 66.4 Å². The fourth-order valence-electron chi connectivity index (χ4n) is 8.19. The van der Waals surface area contributed by atoms with Crippen molar-refractivity contribution in [2.75, 3.05) is 13.7 Å². The molecule has 0 aromatic heterocycles. The summed E-state index contributed by atoms with van der Waals surface area (Å²) < 4.78 is 12.8. The third-order valence-corrected chi connectivity index (χ3v) is 16.5. The molecule has 1 amide bonds. The summed E-state index contributed by atoms with van der Waals surface area (Å²) in [5.41, 5.74) is 0.836. The van der Waals surface area contributed by atoms with Crippen molar-refractivity contribution in [1.82, 2.24) is 4.90 Å². The second-order valence-corrected chi connectivity index (χ2v) is 20.4. The van der Waals surface area contributed by atoms with E-state index >= 15 is 4.79 Å². The van der Waals surface area contributed by atoms with E-state index in [1.165, 1.54) is 17.5 Å². The number of halogens is 2. The van der Waals surface area contributed by atoms with E-state index in [0.717, 1.165) is 24.0 Å². The molecule has 8 heteroatoms. The number of amides is 1. The number of carbonyl (C=O) groups is 2. The molecule has 1 unspecified atom stereocenters. The average Bonchev–Trinajstić information content (AvgIpc) is 3.97. The second-order valence-electron chi connectivity index (χ2n) is 15.3. The molecular formula is C43H47Cl2NO4Si. The van der Waals surface area contributed by atoms with Gasteiger partial charge in [-0.2, -0.15) is 0 Å². The summed E-state index contributed by atoms with van der Waals surface area (Å²) in [6, 6.07) is 36.1. The molecule has 51 heavy (non-hydrogen) atoms. The number of hydrogen-bond acceptors (Lipinski definition) is 4. The van der Waals surface area contributed by atoms with Crippen LogP contribution in [-0.4, -0.2) is 44.9 Å². The summed E-state index contributed by atoms with van der Waals surface area (Å²) in [6.45, 7) is 13.1. The summed E-state index contributed by atoms with van der Waals surface area (Å²) in [7, 11) is -1.63. The number of ether oxygens (including phenoxy) is 1. The molecule has 4 aromatic rings. The highest BCUT2D eigenvalue weighted by molar-refractivity contribution is 6.99. The van der Waals surface area contributed by atoms with Crippen molar-refractivity contribution in [3.05, 3.63) is 143 Å². The molecule has 1 saturated carbocycles. The van der Waals surface area contributed by atoms with E-state index in [4.69, 9.17) is 32.4 Å². The first-order chi connectivity index (χ1) is 24.3. The molecule has 0 N–H and O–H groups in total. The van der Waals surface area contributed by atoms with Crippen LogP contribution in [-0.2, 0) is 18.8 Å². The highest BCUT2D eigenvalue weighted by atomic mass is 35.5. The Labute approximate surface area is 313 Å². The zero-order chi connectivity index (χ0) is 36.6. The van der Waals surface area contributed by atoms with Gasteiger partial charge in [-0.1, -0.05) is 135 Å². The third-order valence-electron chi connectivity index (χ3n) is 11.0. The Morgan fingerprint density at radius 2 is 1.47 bits per heavy atom. The maximum Gasteiger partial charge on any atom is 0.334 e. The Balaban J connectivity index is 1.54. The monoisotopic (exact) mass is 739 g/mol. The van der Waals surface area contributed by atoms with Gasteiger partial charge in [0, 0.05) is 21.5 Å². The van der Waals surface area contributed by atoms with Crippen molar-refractivity contribution < 1.29 is 18.8 Å². The largest absolute Gasteiger partial charge is 0.466 e. The summed E-state index contributed by atoms with van der Waals surface area (Å²) >= 11 is 13.1. The first-order valence-electron chi connectivity index (χ1n) is 17.7. The Bertz CT molecular complexity index is 1830. The Kier molecular flexibility index (Phi) is 10.7. The van der Waals surface area contributed by atoms with Crippen molar-refractivity contribution in [2.24, 2.45) is 11.3 Å². The number of esters is 1. The van der Waals surface area contributed by atoms with Crippen LogP contribution < -0.4 is 10.4 Å². The van der Waals surface area contributed by atoms with Crippen LogP contribution >= 0.6 is 23.2 Å². The van der Waals surface area contributed by atoms with E-state index in [-0.39, 0.29) is 40.4 Å². The fraction of sp³-hybridized carbons (Fsp3) is 0.349. The summed E-state index contributed by atoms with van der Waals surface area (Å²) in [5, 5.41) is 3.33. The Hall–Kier alpha value is -3.68. The zero-order valence-electron chi connectivity index (χ0n) is 30.1. The first kappa shape index (κ1) is 37.1. The van der Waals surface area contributed by atoms with E-state index in [0.29, 0.717) is 23.1 Å². The van der Waals surface area contributed by atoms with Gasteiger partial charge in [0.25, 0.3) is 8.32 Å². The Morgan fingerprint density at radius 1 is 0.882 bits per heavy atom. The van der Waals surface area contributed by atoms with Gasteiger partial charge in [0.2, 0.25) is 5.91 Å². The van der Waals surface area contributed by atoms with Gasteiger partial charge in [-0.15, -0.1) is 0 Å². The van der Waals surface area contributed by atoms with Crippen molar-refractivity contribution in [3.63, 3.8) is 0 Å². The molecule has 4 atom stereocenters. The summed E-state index contributed by atoms with van der Waals surface area (Å²) in [6.07, 6.45) is 2.29. The molecule has 2 aliphatic rings. The number of likely N-dealkylation sites (tertiary alicyclic amines) is 1. The molecule has 4 aromatic carbocycles. The molecule has 2 fully saturated rings.